The second-order valence-electron chi connectivity index (χ2n) is 5.72. The topological polar surface area (TPSA) is 106 Å². The summed E-state index contributed by atoms with van der Waals surface area (Å²) in [6.45, 7) is 0. The second kappa shape index (κ2) is 9.13. The van der Waals surface area contributed by atoms with Crippen LogP contribution in [-0.2, 0) is 32.6 Å². The lowest BCUT2D eigenvalue weighted by atomic mass is 10.2. The van der Waals surface area contributed by atoms with Crippen molar-refractivity contribution in [3.63, 3.8) is 0 Å². The highest BCUT2D eigenvalue weighted by molar-refractivity contribution is 7.86. The number of nitro groups is 1. The van der Waals surface area contributed by atoms with Gasteiger partial charge in [-0.25, -0.2) is 4.21 Å². The Hall–Kier alpha value is -2.81. The number of nitrogens with zero attached hydrogens (tertiary/aromatic N) is 1. The second-order valence-corrected chi connectivity index (χ2v) is 8.61. The van der Waals surface area contributed by atoms with Crippen molar-refractivity contribution in [2.75, 3.05) is 11.1 Å². The number of amides is 1. The molecule has 0 bridgehead atoms. The van der Waals surface area contributed by atoms with Gasteiger partial charge in [-0.1, -0.05) is 6.07 Å². The Balaban J connectivity index is 2.22. The Morgan fingerprint density at radius 3 is 2.23 bits per heavy atom. The van der Waals surface area contributed by atoms with Gasteiger partial charge in [0.15, 0.2) is 10.8 Å². The van der Waals surface area contributed by atoms with Gasteiger partial charge in [0.1, 0.15) is 10.6 Å². The summed E-state index contributed by atoms with van der Waals surface area (Å²) in [5.41, 5.74) is -7.57. The van der Waals surface area contributed by atoms with E-state index in [2.05, 4.69) is 5.32 Å². The van der Waals surface area contributed by atoms with E-state index in [-0.39, 0.29) is 5.69 Å². The summed E-state index contributed by atoms with van der Waals surface area (Å²) in [4.78, 5) is 20.4. The van der Waals surface area contributed by atoms with E-state index in [9.17, 15) is 49.7 Å². The summed E-state index contributed by atoms with van der Waals surface area (Å²) < 4.78 is 99.5. The number of rotatable bonds is 6. The van der Waals surface area contributed by atoms with Crippen LogP contribution in [0.4, 0.5) is 37.7 Å². The molecule has 1 N–H and O–H groups in total. The average molecular weight is 488 g/mol. The summed E-state index contributed by atoms with van der Waals surface area (Å²) in [6, 6.07) is 5.13. The lowest BCUT2D eigenvalue weighted by Gasteiger charge is -2.10. The minimum Gasteiger partial charge on any atom is -0.325 e. The molecule has 2 unspecified atom stereocenters. The molecule has 7 nitrogen and oxygen atoms in total. The lowest BCUT2D eigenvalue weighted by Crippen LogP contribution is -2.20. The fourth-order valence-corrected chi connectivity index (χ4v) is 3.98. The number of hydrogen-bond donors (Lipinski definition) is 1. The molecule has 0 aliphatic rings. The van der Waals surface area contributed by atoms with Crippen LogP contribution in [0.2, 0.25) is 0 Å². The van der Waals surface area contributed by atoms with Gasteiger partial charge in [0.2, 0.25) is 5.91 Å². The van der Waals surface area contributed by atoms with Crippen LogP contribution in [-0.4, -0.2) is 30.5 Å². The maximum absolute atomic E-state index is 12.7. The Morgan fingerprint density at radius 1 is 1.03 bits per heavy atom. The van der Waals surface area contributed by atoms with E-state index >= 15 is 0 Å². The zero-order valence-electron chi connectivity index (χ0n) is 14.8. The summed E-state index contributed by atoms with van der Waals surface area (Å²) >= 11 is 0. The van der Waals surface area contributed by atoms with Crippen LogP contribution in [0.25, 0.3) is 0 Å². The fraction of sp³-hybridized carbons (Fsp3) is 0.188. The van der Waals surface area contributed by atoms with E-state index in [4.69, 9.17) is 0 Å². The fourth-order valence-electron chi connectivity index (χ4n) is 2.25. The van der Waals surface area contributed by atoms with Crippen molar-refractivity contribution in [1.82, 2.24) is 0 Å². The summed E-state index contributed by atoms with van der Waals surface area (Å²) in [5.74, 6) is -1.99. The van der Waals surface area contributed by atoms with E-state index in [1.54, 1.807) is 0 Å². The summed E-state index contributed by atoms with van der Waals surface area (Å²) in [6.07, 6.45) is -4.68. The number of nitro benzene ring substituents is 1. The zero-order valence-corrected chi connectivity index (χ0v) is 16.5. The van der Waals surface area contributed by atoms with Crippen LogP contribution in [0.5, 0.6) is 0 Å². The molecule has 2 aromatic carbocycles. The van der Waals surface area contributed by atoms with E-state index in [0.29, 0.717) is 24.3 Å². The first-order valence-corrected chi connectivity index (χ1v) is 10.3. The van der Waals surface area contributed by atoms with E-state index in [1.165, 1.54) is 0 Å². The first kappa shape index (κ1) is 24.5. The predicted molar refractivity (Wildman–Crippen MR) is 96.9 cm³/mol. The van der Waals surface area contributed by atoms with E-state index in [1.807, 2.05) is 0 Å². The first-order valence-electron chi connectivity index (χ1n) is 7.82. The highest BCUT2D eigenvalue weighted by Crippen LogP contribution is 2.32. The minimum absolute atomic E-state index is 0.276. The van der Waals surface area contributed by atoms with Crippen molar-refractivity contribution in [3.05, 3.63) is 58.1 Å². The molecule has 0 aliphatic heterocycles. The molecule has 0 saturated carbocycles. The Kier molecular flexibility index (Phi) is 7.21. The first-order chi connectivity index (χ1) is 14.2. The number of carbonyl (C=O) groups is 1. The van der Waals surface area contributed by atoms with Gasteiger partial charge in [-0.2, -0.15) is 26.3 Å². The van der Waals surface area contributed by atoms with Crippen molar-refractivity contribution in [2.45, 2.75) is 21.5 Å². The minimum atomic E-state index is -5.18. The van der Waals surface area contributed by atoms with E-state index in [0.717, 1.165) is 18.2 Å². The largest absolute Gasteiger partial charge is 0.475 e. The van der Waals surface area contributed by atoms with Crippen LogP contribution in [0.1, 0.15) is 5.56 Å². The molecule has 2 atom stereocenters. The predicted octanol–water partition coefficient (Wildman–Crippen LogP) is 3.99. The summed E-state index contributed by atoms with van der Waals surface area (Å²) in [5, 5.41) is 13.2. The molecule has 0 radical (unpaired) electrons. The number of anilines is 1. The quantitative estimate of drug-likeness (QED) is 0.376. The van der Waals surface area contributed by atoms with Gasteiger partial charge >= 0.3 is 11.7 Å². The molecular formula is C16H10F6N2O5S2. The van der Waals surface area contributed by atoms with Gasteiger partial charge in [0.25, 0.3) is 5.69 Å². The molecule has 0 aromatic heterocycles. The Bertz CT molecular complexity index is 1070. The van der Waals surface area contributed by atoms with Crippen molar-refractivity contribution in [1.29, 1.82) is 0 Å². The third-order valence-corrected chi connectivity index (χ3v) is 6.00. The van der Waals surface area contributed by atoms with Crippen molar-refractivity contribution in [2.24, 2.45) is 0 Å². The van der Waals surface area contributed by atoms with Gasteiger partial charge in [-0.15, -0.1) is 0 Å². The van der Waals surface area contributed by atoms with E-state index < -0.39 is 70.9 Å². The highest BCUT2D eigenvalue weighted by atomic mass is 32.2. The van der Waals surface area contributed by atoms with Crippen LogP contribution in [0.3, 0.4) is 0 Å². The van der Waals surface area contributed by atoms with Gasteiger partial charge in [0.05, 0.1) is 26.2 Å². The number of halogens is 6. The Labute approximate surface area is 174 Å². The highest BCUT2D eigenvalue weighted by Gasteiger charge is 2.39. The molecule has 0 heterocycles. The SMILES string of the molecule is O=C(CS(=O)c1ccc(S(=O)C(F)(F)F)cc1[N+](=O)[O-])Nc1cccc(C(F)(F)F)c1. The summed E-state index contributed by atoms with van der Waals surface area (Å²) in [7, 11) is -6.01. The Morgan fingerprint density at radius 2 is 1.68 bits per heavy atom. The number of hydrogen-bond acceptors (Lipinski definition) is 5. The van der Waals surface area contributed by atoms with Crippen molar-refractivity contribution in [3.8, 4) is 0 Å². The monoisotopic (exact) mass is 488 g/mol. The molecule has 0 saturated heterocycles. The van der Waals surface area contributed by atoms with Gasteiger partial charge in [-0.05, 0) is 30.3 Å². The molecule has 2 rings (SSSR count). The standard InChI is InChI=1S/C16H10F6N2O5S2/c17-15(18,19)9-2-1-3-10(6-9)23-14(25)8-30(28)13-5-4-11(7-12(13)24(26)27)31(29)16(20,21)22/h1-7H,8H2,(H,23,25). The lowest BCUT2D eigenvalue weighted by molar-refractivity contribution is -0.388. The van der Waals surface area contributed by atoms with Crippen molar-refractivity contribution >= 4 is 38.9 Å². The third kappa shape index (κ3) is 6.33. The molecule has 31 heavy (non-hydrogen) atoms. The molecule has 1 amide bonds. The van der Waals surface area contributed by atoms with Gasteiger partial charge in [-0.3, -0.25) is 19.1 Å². The maximum atomic E-state index is 12.7. The smallest absolute Gasteiger partial charge is 0.325 e. The number of nitrogens with one attached hydrogen (secondary N) is 1. The molecule has 0 aliphatic carbocycles. The third-order valence-electron chi connectivity index (χ3n) is 3.53. The number of benzene rings is 2. The van der Waals surface area contributed by atoms with Crippen LogP contribution < -0.4 is 5.32 Å². The molecule has 0 fully saturated rings. The molecule has 15 heteroatoms. The van der Waals surface area contributed by atoms with Crippen LogP contribution in [0, 0.1) is 10.1 Å². The van der Waals surface area contributed by atoms with Crippen molar-refractivity contribution < 1.29 is 44.5 Å². The zero-order chi connectivity index (χ0) is 23.6. The van der Waals surface area contributed by atoms with Crippen LogP contribution >= 0.6 is 0 Å². The number of alkyl halides is 6. The maximum Gasteiger partial charge on any atom is 0.475 e. The van der Waals surface area contributed by atoms with Gasteiger partial charge < -0.3 is 5.32 Å². The average Bonchev–Trinajstić information content (AvgIpc) is 2.65. The van der Waals surface area contributed by atoms with Gasteiger partial charge in [0, 0.05) is 11.8 Å². The molecule has 168 valence electrons. The normalized spacial score (nSPS) is 14.0. The molecular weight excluding hydrogens is 478 g/mol. The number of carbonyl (C=O) groups excluding carboxylic acids is 1. The molecule has 0 spiro atoms. The van der Waals surface area contributed by atoms with Crippen LogP contribution in [0.15, 0.2) is 52.3 Å². The molecule has 2 aromatic rings.